The Hall–Kier alpha value is -1.75. The van der Waals surface area contributed by atoms with Crippen LogP contribution >= 0.6 is 0 Å². The lowest BCUT2D eigenvalue weighted by Gasteiger charge is -2.20. The van der Waals surface area contributed by atoms with Crippen molar-refractivity contribution in [3.63, 3.8) is 0 Å². The van der Waals surface area contributed by atoms with E-state index in [0.29, 0.717) is 26.2 Å². The van der Waals surface area contributed by atoms with Crippen LogP contribution < -0.4 is 10.1 Å². The minimum atomic E-state index is -0.143. The van der Waals surface area contributed by atoms with Crippen molar-refractivity contribution >= 4 is 6.03 Å². The van der Waals surface area contributed by atoms with Crippen LogP contribution in [0.25, 0.3) is 0 Å². The van der Waals surface area contributed by atoms with Gasteiger partial charge in [0.25, 0.3) is 0 Å². The van der Waals surface area contributed by atoms with Crippen LogP contribution in [0.1, 0.15) is 39.7 Å². The van der Waals surface area contributed by atoms with Crippen molar-refractivity contribution in [1.29, 1.82) is 0 Å². The van der Waals surface area contributed by atoms with Crippen LogP contribution in [-0.4, -0.2) is 48.9 Å². The fraction of sp³-hybridized carbons (Fsp3) is 0.611. The van der Waals surface area contributed by atoms with Crippen LogP contribution in [0.3, 0.4) is 0 Å². The molecule has 0 atom stereocenters. The number of urea groups is 1. The maximum Gasteiger partial charge on any atom is 0.317 e. The summed E-state index contributed by atoms with van der Waals surface area (Å²) < 4.78 is 5.68. The van der Waals surface area contributed by atoms with Gasteiger partial charge in [-0.05, 0) is 36.5 Å². The van der Waals surface area contributed by atoms with Gasteiger partial charge in [0.2, 0.25) is 0 Å². The molecule has 0 fully saturated rings. The fourth-order valence-electron chi connectivity index (χ4n) is 2.14. The predicted octanol–water partition coefficient (Wildman–Crippen LogP) is 2.78. The third-order valence-electron chi connectivity index (χ3n) is 3.63. The van der Waals surface area contributed by atoms with E-state index in [1.807, 2.05) is 19.1 Å². The Bertz CT molecular complexity index is 466. The van der Waals surface area contributed by atoms with Gasteiger partial charge < -0.3 is 20.1 Å². The van der Waals surface area contributed by atoms with Gasteiger partial charge in [0.1, 0.15) is 5.75 Å². The number of ether oxygens (including phenoxy) is 1. The molecular formula is C18H30N2O3. The summed E-state index contributed by atoms with van der Waals surface area (Å²) in [5.41, 5.74) is 1.42. The summed E-state index contributed by atoms with van der Waals surface area (Å²) in [5, 5.41) is 11.7. The molecule has 0 saturated carbocycles. The Balaban J connectivity index is 2.26. The van der Waals surface area contributed by atoms with Crippen molar-refractivity contribution in [2.75, 3.05) is 32.8 Å². The number of likely N-dealkylation sites (N-methyl/N-ethyl adjacent to an activating group) is 1. The van der Waals surface area contributed by atoms with E-state index >= 15 is 0 Å². The van der Waals surface area contributed by atoms with Gasteiger partial charge in [0.05, 0.1) is 13.2 Å². The molecule has 0 bridgehead atoms. The second kappa shape index (κ2) is 9.40. The van der Waals surface area contributed by atoms with Gasteiger partial charge in [-0.3, -0.25) is 0 Å². The Labute approximate surface area is 139 Å². The number of carbonyl (C=O) groups excluding carboxylic acids is 1. The molecule has 0 heterocycles. The zero-order valence-corrected chi connectivity index (χ0v) is 14.8. The van der Waals surface area contributed by atoms with Crippen LogP contribution in [0.15, 0.2) is 24.3 Å². The Morgan fingerprint density at radius 1 is 1.26 bits per heavy atom. The predicted molar refractivity (Wildman–Crippen MR) is 93.0 cm³/mol. The normalized spacial score (nSPS) is 11.2. The molecule has 130 valence electrons. The van der Waals surface area contributed by atoms with E-state index in [0.717, 1.165) is 12.2 Å². The van der Waals surface area contributed by atoms with Crippen LogP contribution in [0.5, 0.6) is 5.75 Å². The second-order valence-corrected chi connectivity index (χ2v) is 6.51. The highest BCUT2D eigenvalue weighted by Crippen LogP contribution is 2.24. The molecule has 1 aromatic rings. The number of amides is 2. The molecule has 1 aromatic carbocycles. The number of carbonyl (C=O) groups is 1. The quantitative estimate of drug-likeness (QED) is 0.724. The molecule has 5 nitrogen and oxygen atoms in total. The number of aliphatic hydroxyl groups excluding tert-OH is 1. The lowest BCUT2D eigenvalue weighted by atomic mass is 9.87. The van der Waals surface area contributed by atoms with Crippen LogP contribution in [0, 0.1) is 0 Å². The molecule has 1 rings (SSSR count). The first-order valence-corrected chi connectivity index (χ1v) is 8.25. The van der Waals surface area contributed by atoms with Crippen molar-refractivity contribution in [3.8, 4) is 5.75 Å². The van der Waals surface area contributed by atoms with Crippen LogP contribution in [-0.2, 0) is 5.41 Å². The monoisotopic (exact) mass is 322 g/mol. The Morgan fingerprint density at radius 2 is 1.91 bits per heavy atom. The molecule has 0 aliphatic carbocycles. The Morgan fingerprint density at radius 3 is 2.43 bits per heavy atom. The molecule has 2 amide bonds. The van der Waals surface area contributed by atoms with E-state index in [-0.39, 0.29) is 18.1 Å². The SMILES string of the molecule is CCN(CCO)C(=O)NCCCOc1ccc(C(C)(C)C)cc1. The molecular weight excluding hydrogens is 292 g/mol. The number of nitrogens with zero attached hydrogens (tertiary/aromatic N) is 1. The third kappa shape index (κ3) is 6.91. The number of aliphatic hydroxyl groups is 1. The number of hydrogen-bond donors (Lipinski definition) is 2. The molecule has 2 N–H and O–H groups in total. The number of benzene rings is 1. The van der Waals surface area contributed by atoms with Gasteiger partial charge in [-0.1, -0.05) is 32.9 Å². The van der Waals surface area contributed by atoms with Crippen LogP contribution in [0.2, 0.25) is 0 Å². The lowest BCUT2D eigenvalue weighted by molar-refractivity contribution is 0.179. The maximum absolute atomic E-state index is 11.8. The Kier molecular flexibility index (Phi) is 7.89. The largest absolute Gasteiger partial charge is 0.494 e. The summed E-state index contributed by atoms with van der Waals surface area (Å²) in [7, 11) is 0. The smallest absolute Gasteiger partial charge is 0.317 e. The highest BCUT2D eigenvalue weighted by Gasteiger charge is 2.13. The van der Waals surface area contributed by atoms with E-state index in [9.17, 15) is 4.79 Å². The van der Waals surface area contributed by atoms with Gasteiger partial charge in [-0.25, -0.2) is 4.79 Å². The van der Waals surface area contributed by atoms with Crippen molar-refractivity contribution in [2.45, 2.75) is 39.5 Å². The summed E-state index contributed by atoms with van der Waals surface area (Å²) in [6, 6.07) is 8.01. The van der Waals surface area contributed by atoms with E-state index in [4.69, 9.17) is 9.84 Å². The van der Waals surface area contributed by atoms with E-state index in [1.165, 1.54) is 5.56 Å². The maximum atomic E-state index is 11.8. The summed E-state index contributed by atoms with van der Waals surface area (Å²) >= 11 is 0. The van der Waals surface area contributed by atoms with Gasteiger partial charge >= 0.3 is 6.03 Å². The van der Waals surface area contributed by atoms with Crippen molar-refractivity contribution in [2.24, 2.45) is 0 Å². The van der Waals surface area contributed by atoms with Gasteiger partial charge in [-0.2, -0.15) is 0 Å². The summed E-state index contributed by atoms with van der Waals surface area (Å²) in [6.07, 6.45) is 0.740. The minimum absolute atomic E-state index is 0.0189. The first kappa shape index (κ1) is 19.3. The van der Waals surface area contributed by atoms with E-state index < -0.39 is 0 Å². The first-order valence-electron chi connectivity index (χ1n) is 8.25. The molecule has 0 radical (unpaired) electrons. The average molecular weight is 322 g/mol. The summed E-state index contributed by atoms with van der Waals surface area (Å²) in [6.45, 7) is 10.5. The van der Waals surface area contributed by atoms with Crippen molar-refractivity contribution in [1.82, 2.24) is 10.2 Å². The molecule has 5 heteroatoms. The highest BCUT2D eigenvalue weighted by molar-refractivity contribution is 5.74. The minimum Gasteiger partial charge on any atom is -0.494 e. The molecule has 23 heavy (non-hydrogen) atoms. The van der Waals surface area contributed by atoms with Gasteiger partial charge in [0, 0.05) is 19.6 Å². The molecule has 0 unspecified atom stereocenters. The van der Waals surface area contributed by atoms with Crippen LogP contribution in [0.4, 0.5) is 4.79 Å². The standard InChI is InChI=1S/C18H30N2O3/c1-5-20(12-13-21)17(22)19-11-6-14-23-16-9-7-15(8-10-16)18(2,3)4/h7-10,21H,5-6,11-14H2,1-4H3,(H,19,22). The van der Waals surface area contributed by atoms with E-state index in [1.54, 1.807) is 4.90 Å². The average Bonchev–Trinajstić information content (AvgIpc) is 2.51. The number of hydrogen-bond acceptors (Lipinski definition) is 3. The number of rotatable bonds is 8. The molecule has 0 aliphatic rings. The first-order chi connectivity index (χ1) is 10.9. The zero-order chi connectivity index (χ0) is 17.3. The highest BCUT2D eigenvalue weighted by atomic mass is 16.5. The third-order valence-corrected chi connectivity index (χ3v) is 3.63. The molecule has 0 aromatic heterocycles. The fourth-order valence-corrected chi connectivity index (χ4v) is 2.14. The molecule has 0 saturated heterocycles. The summed E-state index contributed by atoms with van der Waals surface area (Å²) in [4.78, 5) is 13.4. The topological polar surface area (TPSA) is 61.8 Å². The van der Waals surface area contributed by atoms with Gasteiger partial charge in [-0.15, -0.1) is 0 Å². The lowest BCUT2D eigenvalue weighted by Crippen LogP contribution is -2.41. The van der Waals surface area contributed by atoms with Gasteiger partial charge in [0.15, 0.2) is 0 Å². The zero-order valence-electron chi connectivity index (χ0n) is 14.8. The van der Waals surface area contributed by atoms with E-state index in [2.05, 4.69) is 38.2 Å². The molecule has 0 aliphatic heterocycles. The van der Waals surface area contributed by atoms with Crippen molar-refractivity contribution < 1.29 is 14.6 Å². The van der Waals surface area contributed by atoms with Crippen molar-refractivity contribution in [3.05, 3.63) is 29.8 Å². The second-order valence-electron chi connectivity index (χ2n) is 6.51. The number of nitrogens with one attached hydrogen (secondary N) is 1. The summed E-state index contributed by atoms with van der Waals surface area (Å²) in [5.74, 6) is 0.847. The molecule has 0 spiro atoms.